The Morgan fingerprint density at radius 2 is 2.14 bits per heavy atom. The molecule has 0 aliphatic carbocycles. The Morgan fingerprint density at radius 1 is 1.50 bits per heavy atom. The maximum absolute atomic E-state index is 10.4. The number of carboxylic acid groups (broad SMARTS) is 1. The lowest BCUT2D eigenvalue weighted by atomic mass is 10.1. The predicted molar refractivity (Wildman–Crippen MR) is 57.0 cm³/mol. The van der Waals surface area contributed by atoms with E-state index in [1.54, 1.807) is 19.1 Å². The van der Waals surface area contributed by atoms with E-state index in [1.807, 2.05) is 6.92 Å². The fourth-order valence-electron chi connectivity index (χ4n) is 0.898. The van der Waals surface area contributed by atoms with Crippen LogP contribution in [0.5, 0.6) is 0 Å². The summed E-state index contributed by atoms with van der Waals surface area (Å²) in [5, 5.41) is 8.58. The van der Waals surface area contributed by atoms with Crippen molar-refractivity contribution in [3.05, 3.63) is 29.0 Å². The largest absolute Gasteiger partial charge is 0.478 e. The van der Waals surface area contributed by atoms with Gasteiger partial charge in [0, 0.05) is 12.1 Å². The molecule has 3 nitrogen and oxygen atoms in total. The molecule has 0 fully saturated rings. The summed E-state index contributed by atoms with van der Waals surface area (Å²) in [5.41, 5.74) is 9.77. The van der Waals surface area contributed by atoms with Crippen molar-refractivity contribution < 1.29 is 9.90 Å². The Morgan fingerprint density at radius 3 is 2.64 bits per heavy atom. The molecule has 3 heteroatoms. The van der Waals surface area contributed by atoms with Crippen molar-refractivity contribution in [2.24, 2.45) is 5.73 Å². The minimum Gasteiger partial charge on any atom is -0.478 e. The first kappa shape index (κ1) is 12.7. The highest BCUT2D eigenvalue weighted by atomic mass is 16.4. The standard InChI is InChI=1S/C11H17NO2/c1-9(6-4-8-12)5-3-7-10(2)11(13)14/h4,7H,3,5,8,12H2,1-2H3,(H,13,14). The third-order valence-electron chi connectivity index (χ3n) is 1.77. The van der Waals surface area contributed by atoms with Crippen molar-refractivity contribution in [1.82, 2.24) is 0 Å². The number of aliphatic carboxylic acids is 1. The van der Waals surface area contributed by atoms with Crippen LogP contribution in [0.3, 0.4) is 0 Å². The first-order valence-electron chi connectivity index (χ1n) is 4.58. The molecule has 0 aromatic heterocycles. The molecule has 0 unspecified atom stereocenters. The summed E-state index contributed by atoms with van der Waals surface area (Å²) < 4.78 is 0. The summed E-state index contributed by atoms with van der Waals surface area (Å²) in [6, 6.07) is 0. The normalized spacial score (nSPS) is 10.6. The fourth-order valence-corrected chi connectivity index (χ4v) is 0.898. The van der Waals surface area contributed by atoms with Gasteiger partial charge in [-0.05, 0) is 38.3 Å². The minimum absolute atomic E-state index is 0.389. The van der Waals surface area contributed by atoms with Gasteiger partial charge in [-0.3, -0.25) is 0 Å². The molecular formula is C11H17NO2. The fraction of sp³-hybridized carbons (Fsp3) is 0.455. The van der Waals surface area contributed by atoms with Crippen LogP contribution < -0.4 is 5.73 Å². The van der Waals surface area contributed by atoms with E-state index in [0.717, 1.165) is 18.4 Å². The third kappa shape index (κ3) is 6.23. The van der Waals surface area contributed by atoms with Crippen LogP contribution in [0.2, 0.25) is 0 Å². The van der Waals surface area contributed by atoms with Gasteiger partial charge in [-0.25, -0.2) is 4.79 Å². The van der Waals surface area contributed by atoms with Gasteiger partial charge in [-0.1, -0.05) is 6.08 Å². The SMILES string of the molecule is CC(=C=CCN)CCC=C(C)C(=O)O. The van der Waals surface area contributed by atoms with Gasteiger partial charge >= 0.3 is 5.97 Å². The van der Waals surface area contributed by atoms with Crippen LogP contribution in [-0.2, 0) is 4.79 Å². The molecule has 0 aliphatic heterocycles. The van der Waals surface area contributed by atoms with E-state index in [9.17, 15) is 4.79 Å². The summed E-state index contributed by atoms with van der Waals surface area (Å²) >= 11 is 0. The van der Waals surface area contributed by atoms with Gasteiger partial charge in [0.05, 0.1) is 0 Å². The Bertz CT molecular complexity index is 284. The lowest BCUT2D eigenvalue weighted by molar-refractivity contribution is -0.132. The monoisotopic (exact) mass is 195 g/mol. The van der Waals surface area contributed by atoms with Crippen LogP contribution in [0.1, 0.15) is 26.7 Å². The van der Waals surface area contributed by atoms with Crippen LogP contribution >= 0.6 is 0 Å². The molecule has 0 amide bonds. The van der Waals surface area contributed by atoms with E-state index in [1.165, 1.54) is 0 Å². The molecule has 3 N–H and O–H groups in total. The second-order valence-corrected chi connectivity index (χ2v) is 3.10. The zero-order chi connectivity index (χ0) is 11.0. The lowest BCUT2D eigenvalue weighted by Crippen LogP contribution is -1.95. The van der Waals surface area contributed by atoms with Gasteiger partial charge in [0.15, 0.2) is 0 Å². The average Bonchev–Trinajstić information content (AvgIpc) is 2.14. The number of allylic oxidation sites excluding steroid dienone is 1. The maximum atomic E-state index is 10.4. The molecule has 0 saturated heterocycles. The highest BCUT2D eigenvalue weighted by Gasteiger charge is 1.97. The molecular weight excluding hydrogens is 178 g/mol. The Balaban J connectivity index is 4.02. The van der Waals surface area contributed by atoms with Crippen LogP contribution in [-0.4, -0.2) is 17.6 Å². The molecule has 0 aromatic carbocycles. The van der Waals surface area contributed by atoms with Gasteiger partial charge in [0.2, 0.25) is 0 Å². The number of carboxylic acids is 1. The van der Waals surface area contributed by atoms with Crippen LogP contribution in [0, 0.1) is 0 Å². The highest BCUT2D eigenvalue weighted by Crippen LogP contribution is 2.05. The Labute approximate surface area is 84.6 Å². The number of carbonyl (C=O) groups is 1. The molecule has 0 aliphatic rings. The van der Waals surface area contributed by atoms with Gasteiger partial charge in [-0.2, -0.15) is 0 Å². The molecule has 0 aromatic rings. The Hall–Kier alpha value is -1.31. The molecule has 14 heavy (non-hydrogen) atoms. The van der Waals surface area contributed by atoms with Crippen molar-refractivity contribution in [2.75, 3.05) is 6.54 Å². The maximum Gasteiger partial charge on any atom is 0.330 e. The highest BCUT2D eigenvalue weighted by molar-refractivity contribution is 5.85. The number of nitrogens with two attached hydrogens (primary N) is 1. The average molecular weight is 195 g/mol. The summed E-state index contributed by atoms with van der Waals surface area (Å²) in [6.07, 6.45) is 5.04. The van der Waals surface area contributed by atoms with Crippen LogP contribution in [0.15, 0.2) is 29.0 Å². The molecule has 0 radical (unpaired) electrons. The first-order valence-corrected chi connectivity index (χ1v) is 4.58. The van der Waals surface area contributed by atoms with E-state index in [2.05, 4.69) is 5.73 Å². The second kappa shape index (κ2) is 7.13. The van der Waals surface area contributed by atoms with E-state index < -0.39 is 5.97 Å². The summed E-state index contributed by atoms with van der Waals surface area (Å²) in [4.78, 5) is 10.4. The smallest absolute Gasteiger partial charge is 0.330 e. The first-order chi connectivity index (χ1) is 6.57. The van der Waals surface area contributed by atoms with E-state index in [0.29, 0.717) is 12.1 Å². The number of hydrogen-bond donors (Lipinski definition) is 2. The summed E-state index contributed by atoms with van der Waals surface area (Å²) in [7, 11) is 0. The van der Waals surface area contributed by atoms with E-state index in [-0.39, 0.29) is 0 Å². The van der Waals surface area contributed by atoms with Gasteiger partial charge in [-0.15, -0.1) is 5.73 Å². The number of hydrogen-bond acceptors (Lipinski definition) is 2. The van der Waals surface area contributed by atoms with Crippen molar-refractivity contribution >= 4 is 5.97 Å². The lowest BCUT2D eigenvalue weighted by Gasteiger charge is -1.95. The zero-order valence-electron chi connectivity index (χ0n) is 8.71. The molecule has 78 valence electrons. The van der Waals surface area contributed by atoms with Crippen molar-refractivity contribution in [3.8, 4) is 0 Å². The number of rotatable bonds is 5. The van der Waals surface area contributed by atoms with E-state index in [4.69, 9.17) is 10.8 Å². The topological polar surface area (TPSA) is 63.3 Å². The van der Waals surface area contributed by atoms with Crippen LogP contribution in [0.4, 0.5) is 0 Å². The molecule has 0 rings (SSSR count). The van der Waals surface area contributed by atoms with Gasteiger partial charge in [0.25, 0.3) is 0 Å². The second-order valence-electron chi connectivity index (χ2n) is 3.10. The zero-order valence-corrected chi connectivity index (χ0v) is 8.71. The molecule has 0 saturated carbocycles. The molecule has 0 spiro atoms. The predicted octanol–water partition coefficient (Wildman–Crippen LogP) is 1.86. The summed E-state index contributed by atoms with van der Waals surface area (Å²) in [5.74, 6) is -0.857. The van der Waals surface area contributed by atoms with E-state index >= 15 is 0 Å². The van der Waals surface area contributed by atoms with Gasteiger partial charge < -0.3 is 10.8 Å². The van der Waals surface area contributed by atoms with Crippen molar-refractivity contribution in [2.45, 2.75) is 26.7 Å². The minimum atomic E-state index is -0.857. The van der Waals surface area contributed by atoms with Crippen LogP contribution in [0.25, 0.3) is 0 Å². The molecule has 0 heterocycles. The van der Waals surface area contributed by atoms with Crippen molar-refractivity contribution in [3.63, 3.8) is 0 Å². The third-order valence-corrected chi connectivity index (χ3v) is 1.77. The van der Waals surface area contributed by atoms with Gasteiger partial charge in [0.1, 0.15) is 0 Å². The summed E-state index contributed by atoms with van der Waals surface area (Å²) in [6.45, 7) is 4.04. The Kier molecular flexibility index (Phi) is 6.46. The molecule has 0 atom stereocenters. The molecule has 0 bridgehead atoms. The quantitative estimate of drug-likeness (QED) is 0.520. The van der Waals surface area contributed by atoms with Crippen molar-refractivity contribution in [1.29, 1.82) is 0 Å².